The van der Waals surface area contributed by atoms with Crippen LogP contribution in [0.15, 0.2) is 66.7 Å². The van der Waals surface area contributed by atoms with Gasteiger partial charge in [0.15, 0.2) is 6.10 Å². The van der Waals surface area contributed by atoms with E-state index in [4.69, 9.17) is 28.9 Å². The molecule has 0 spiro atoms. The van der Waals surface area contributed by atoms with Gasteiger partial charge in [-0.25, -0.2) is 4.79 Å². The molecule has 318 valence electrons. The van der Waals surface area contributed by atoms with Gasteiger partial charge in [-0.3, -0.25) is 4.90 Å². The molecule has 1 aliphatic carbocycles. The van der Waals surface area contributed by atoms with Crippen molar-refractivity contribution in [3.63, 3.8) is 0 Å². The van der Waals surface area contributed by atoms with E-state index in [2.05, 4.69) is 32.7 Å². The molecule has 3 aromatic carbocycles. The SMILES string of the molecule is COCOC(c1cc(N2CCc3c(nc(OCC4(N5CCN(C)CC5)CC4)nc3N3CCN(C(=O)OCc4ccccc4)[C@@H](CC#N)C3)C2)c2ccccc2c1)C(F)(F)F. The predicted molar refractivity (Wildman–Crippen MR) is 219 cm³/mol. The van der Waals surface area contributed by atoms with Crippen LogP contribution in [-0.4, -0.2) is 128 Å². The number of benzene rings is 3. The van der Waals surface area contributed by atoms with Crippen molar-refractivity contribution in [3.8, 4) is 12.1 Å². The van der Waals surface area contributed by atoms with Crippen LogP contribution in [0.2, 0.25) is 0 Å². The van der Waals surface area contributed by atoms with Crippen molar-refractivity contribution in [2.24, 2.45) is 0 Å². The van der Waals surface area contributed by atoms with E-state index in [-0.39, 0.29) is 30.1 Å². The Kier molecular flexibility index (Phi) is 12.3. The molecule has 1 amide bonds. The Morgan fingerprint density at radius 2 is 1.73 bits per heavy atom. The number of methoxy groups -OCH3 is 1. The van der Waals surface area contributed by atoms with Crippen LogP contribution in [0.3, 0.4) is 0 Å². The number of ether oxygens (including phenoxy) is 4. The Balaban J connectivity index is 1.10. The van der Waals surface area contributed by atoms with Crippen LogP contribution in [0.25, 0.3) is 10.8 Å². The number of amides is 1. The van der Waals surface area contributed by atoms with Gasteiger partial charge in [-0.15, -0.1) is 0 Å². The third-order valence-corrected chi connectivity index (χ3v) is 12.2. The number of hydrogen-bond donors (Lipinski definition) is 0. The van der Waals surface area contributed by atoms with Gasteiger partial charge >= 0.3 is 18.3 Å². The van der Waals surface area contributed by atoms with Gasteiger partial charge in [0.1, 0.15) is 25.8 Å². The molecular formula is C44H51F3N8O5. The van der Waals surface area contributed by atoms with Gasteiger partial charge in [0.05, 0.1) is 36.3 Å². The molecule has 4 heterocycles. The summed E-state index contributed by atoms with van der Waals surface area (Å²) in [5.74, 6) is 0.683. The third kappa shape index (κ3) is 9.09. The number of carbonyl (C=O) groups excluding carboxylic acids is 1. The molecule has 0 bridgehead atoms. The first-order chi connectivity index (χ1) is 29.0. The number of halogens is 3. The summed E-state index contributed by atoms with van der Waals surface area (Å²) in [4.78, 5) is 34.1. The first-order valence-corrected chi connectivity index (χ1v) is 20.6. The standard InChI is InChI=1S/C44H51F3N8O5/c1-51-18-21-54(22-19-51)43(14-15-43)29-59-41-49-37-27-52(38-25-33(24-32-10-6-7-11-35(32)38)39(44(45,46)47)60-30-57-2)17-13-36(37)40(50-41)53-20-23-55(34(26-53)12-16-48)42(56)58-28-31-8-4-3-5-9-31/h3-11,24-25,34,39H,12-15,17-23,26-30H2,1-2H3/t34-,39?/m0/s1. The highest BCUT2D eigenvalue weighted by molar-refractivity contribution is 5.95. The second-order valence-corrected chi connectivity index (χ2v) is 16.2. The second kappa shape index (κ2) is 17.8. The molecule has 4 aliphatic rings. The summed E-state index contributed by atoms with van der Waals surface area (Å²) in [7, 11) is 3.43. The number of anilines is 2. The topological polar surface area (TPSA) is 120 Å². The molecule has 1 aromatic heterocycles. The Morgan fingerprint density at radius 1 is 0.967 bits per heavy atom. The molecule has 13 nitrogen and oxygen atoms in total. The molecule has 0 N–H and O–H groups in total. The number of nitrogens with zero attached hydrogens (tertiary/aromatic N) is 8. The Morgan fingerprint density at radius 3 is 2.47 bits per heavy atom. The van der Waals surface area contributed by atoms with E-state index in [0.717, 1.165) is 55.5 Å². The minimum Gasteiger partial charge on any atom is -0.461 e. The Hall–Kier alpha value is -5.21. The smallest absolute Gasteiger partial charge is 0.418 e. The van der Waals surface area contributed by atoms with Crippen LogP contribution in [0, 0.1) is 11.3 Å². The lowest BCUT2D eigenvalue weighted by Gasteiger charge is -2.42. The lowest BCUT2D eigenvalue weighted by Crippen LogP contribution is -2.56. The zero-order valence-corrected chi connectivity index (χ0v) is 34.1. The average Bonchev–Trinajstić information content (AvgIpc) is 4.05. The Labute approximate surface area is 348 Å². The molecule has 2 saturated heterocycles. The van der Waals surface area contributed by atoms with Crippen LogP contribution in [0.5, 0.6) is 6.01 Å². The predicted octanol–water partition coefficient (Wildman–Crippen LogP) is 6.32. The number of rotatable bonds is 13. The van der Waals surface area contributed by atoms with Crippen LogP contribution < -0.4 is 14.5 Å². The highest BCUT2D eigenvalue weighted by Gasteiger charge is 2.49. The van der Waals surface area contributed by atoms with Crippen molar-refractivity contribution in [3.05, 3.63) is 89.1 Å². The van der Waals surface area contributed by atoms with E-state index in [1.54, 1.807) is 23.1 Å². The van der Waals surface area contributed by atoms with E-state index in [9.17, 15) is 23.2 Å². The number of nitriles is 1. The van der Waals surface area contributed by atoms with Gasteiger partial charge in [0.25, 0.3) is 0 Å². The highest BCUT2D eigenvalue weighted by Crippen LogP contribution is 2.44. The van der Waals surface area contributed by atoms with Crippen molar-refractivity contribution in [2.75, 3.05) is 89.7 Å². The normalized spacial score (nSPS) is 20.1. The average molecular weight is 829 g/mol. The number of carbonyl (C=O) groups is 1. The summed E-state index contributed by atoms with van der Waals surface area (Å²) in [6.45, 7) is 5.82. The van der Waals surface area contributed by atoms with Crippen LogP contribution >= 0.6 is 0 Å². The summed E-state index contributed by atoms with van der Waals surface area (Å²) in [5, 5.41) is 11.3. The molecule has 2 atom stereocenters. The minimum atomic E-state index is -4.67. The van der Waals surface area contributed by atoms with E-state index in [1.165, 1.54) is 13.2 Å². The number of likely N-dealkylation sites (N-methyl/N-ethyl adjacent to an activating group) is 1. The molecule has 0 radical (unpaired) electrons. The lowest BCUT2D eigenvalue weighted by molar-refractivity contribution is -0.243. The van der Waals surface area contributed by atoms with Crippen LogP contribution in [0.4, 0.5) is 29.5 Å². The van der Waals surface area contributed by atoms with Crippen molar-refractivity contribution >= 4 is 28.4 Å². The quantitative estimate of drug-likeness (QED) is 0.141. The van der Waals surface area contributed by atoms with Gasteiger partial charge in [-0.2, -0.15) is 28.4 Å². The summed E-state index contributed by atoms with van der Waals surface area (Å²) < 4.78 is 65.6. The maximum Gasteiger partial charge on any atom is 0.418 e. The summed E-state index contributed by atoms with van der Waals surface area (Å²) in [6, 6.07) is 22.0. The number of alkyl halides is 3. The van der Waals surface area contributed by atoms with Gasteiger partial charge < -0.3 is 38.5 Å². The minimum absolute atomic E-state index is 0.0196. The zero-order chi connectivity index (χ0) is 41.9. The van der Waals surface area contributed by atoms with Crippen molar-refractivity contribution < 1.29 is 36.9 Å². The zero-order valence-electron chi connectivity index (χ0n) is 34.1. The molecule has 1 saturated carbocycles. The van der Waals surface area contributed by atoms with Gasteiger partial charge in [-0.05, 0) is 55.0 Å². The molecular weight excluding hydrogens is 778 g/mol. The van der Waals surface area contributed by atoms with E-state index < -0.39 is 31.2 Å². The van der Waals surface area contributed by atoms with E-state index >= 15 is 0 Å². The first kappa shape index (κ1) is 41.5. The molecule has 3 aliphatic heterocycles. The molecule has 16 heteroatoms. The van der Waals surface area contributed by atoms with Gasteiger partial charge in [-0.1, -0.05) is 54.6 Å². The largest absolute Gasteiger partial charge is 0.461 e. The first-order valence-electron chi connectivity index (χ1n) is 20.6. The number of piperazine rings is 2. The van der Waals surface area contributed by atoms with E-state index in [0.29, 0.717) is 68.3 Å². The van der Waals surface area contributed by atoms with Gasteiger partial charge in [0, 0.05) is 76.1 Å². The maximum atomic E-state index is 14.4. The molecule has 4 aromatic rings. The highest BCUT2D eigenvalue weighted by atomic mass is 19.4. The van der Waals surface area contributed by atoms with Gasteiger partial charge in [0.2, 0.25) is 0 Å². The monoisotopic (exact) mass is 828 g/mol. The summed E-state index contributed by atoms with van der Waals surface area (Å²) in [5.41, 5.74) is 3.03. The van der Waals surface area contributed by atoms with Crippen LogP contribution in [-0.2, 0) is 33.8 Å². The lowest BCUT2D eigenvalue weighted by atomic mass is 9.98. The van der Waals surface area contributed by atoms with E-state index in [1.807, 2.05) is 42.5 Å². The van der Waals surface area contributed by atoms with Crippen molar-refractivity contribution in [1.82, 2.24) is 24.7 Å². The second-order valence-electron chi connectivity index (χ2n) is 16.2. The fourth-order valence-electron chi connectivity index (χ4n) is 8.71. The number of aromatic nitrogens is 2. The fraction of sp³-hybridized carbons (Fsp3) is 0.500. The molecule has 60 heavy (non-hydrogen) atoms. The van der Waals surface area contributed by atoms with Crippen molar-refractivity contribution in [2.45, 2.75) is 62.7 Å². The third-order valence-electron chi connectivity index (χ3n) is 12.2. The summed E-state index contributed by atoms with van der Waals surface area (Å²) >= 11 is 0. The van der Waals surface area contributed by atoms with Crippen LogP contribution in [0.1, 0.15) is 47.8 Å². The molecule has 8 rings (SSSR count). The number of hydrogen-bond acceptors (Lipinski definition) is 12. The number of fused-ring (bicyclic) bond motifs is 2. The fourth-order valence-corrected chi connectivity index (χ4v) is 8.71. The Bertz CT molecular complexity index is 2180. The summed E-state index contributed by atoms with van der Waals surface area (Å²) in [6.07, 6.45) is -4.68. The maximum absolute atomic E-state index is 14.4. The van der Waals surface area contributed by atoms with Crippen molar-refractivity contribution in [1.29, 1.82) is 5.26 Å². The molecule has 3 fully saturated rings. The molecule has 1 unspecified atom stereocenters.